The molecule has 1 aromatic rings. The summed E-state index contributed by atoms with van der Waals surface area (Å²) in [6.45, 7) is 5.63. The van der Waals surface area contributed by atoms with Gasteiger partial charge in [0.2, 0.25) is 10.0 Å². The van der Waals surface area contributed by atoms with Crippen molar-refractivity contribution >= 4 is 15.9 Å². The number of carbonyl (C=O) groups excluding carboxylic acids is 1. The summed E-state index contributed by atoms with van der Waals surface area (Å²) in [5, 5.41) is 6.33. The predicted molar refractivity (Wildman–Crippen MR) is 106 cm³/mol. The SMILES string of the molecule is Cc1ccc(C(=O)NCCC2CCCNC2)cc1S(=O)(=O)N1CCCCC1. The number of carbonyl (C=O) groups is 1. The van der Waals surface area contributed by atoms with Gasteiger partial charge in [0.05, 0.1) is 4.90 Å². The average molecular weight is 394 g/mol. The predicted octanol–water partition coefficient (Wildman–Crippen LogP) is 2.29. The lowest BCUT2D eigenvalue weighted by atomic mass is 9.96. The average Bonchev–Trinajstić information content (AvgIpc) is 2.69. The van der Waals surface area contributed by atoms with Crippen molar-refractivity contribution in [2.45, 2.75) is 50.3 Å². The van der Waals surface area contributed by atoms with Gasteiger partial charge in [-0.2, -0.15) is 4.31 Å². The molecule has 6 nitrogen and oxygen atoms in total. The molecule has 27 heavy (non-hydrogen) atoms. The summed E-state index contributed by atoms with van der Waals surface area (Å²) in [6.07, 6.45) is 6.20. The monoisotopic (exact) mass is 393 g/mol. The largest absolute Gasteiger partial charge is 0.352 e. The molecule has 2 fully saturated rings. The minimum Gasteiger partial charge on any atom is -0.352 e. The van der Waals surface area contributed by atoms with Crippen LogP contribution >= 0.6 is 0 Å². The topological polar surface area (TPSA) is 78.5 Å². The highest BCUT2D eigenvalue weighted by atomic mass is 32.2. The van der Waals surface area contributed by atoms with Crippen molar-refractivity contribution in [2.75, 3.05) is 32.7 Å². The molecule has 2 saturated heterocycles. The normalized spacial score (nSPS) is 21.7. The van der Waals surface area contributed by atoms with E-state index in [2.05, 4.69) is 10.6 Å². The molecule has 1 atom stereocenters. The lowest BCUT2D eigenvalue weighted by Crippen LogP contribution is -2.36. The van der Waals surface area contributed by atoms with Gasteiger partial charge in [0.1, 0.15) is 0 Å². The molecule has 3 rings (SSSR count). The second-order valence-corrected chi connectivity index (χ2v) is 9.61. The summed E-state index contributed by atoms with van der Waals surface area (Å²) in [7, 11) is -3.54. The maximum absolute atomic E-state index is 13.0. The standard InChI is InChI=1S/C20H31N3O3S/c1-16-7-8-18(20(24)22-11-9-17-6-5-10-21-15-17)14-19(16)27(25,26)23-12-3-2-4-13-23/h7-8,14,17,21H,2-6,9-13,15H2,1H3,(H,22,24). The maximum Gasteiger partial charge on any atom is 0.251 e. The molecule has 1 unspecified atom stereocenters. The molecule has 7 heteroatoms. The molecule has 0 bridgehead atoms. The number of hydrogen-bond donors (Lipinski definition) is 2. The molecule has 0 aliphatic carbocycles. The fourth-order valence-electron chi connectivity index (χ4n) is 3.93. The summed E-state index contributed by atoms with van der Waals surface area (Å²) in [5.41, 5.74) is 1.10. The number of aryl methyl sites for hydroxylation is 1. The molecule has 1 aromatic carbocycles. The van der Waals surface area contributed by atoms with Crippen LogP contribution in [0.3, 0.4) is 0 Å². The minimum atomic E-state index is -3.54. The Morgan fingerprint density at radius 3 is 2.70 bits per heavy atom. The molecule has 150 valence electrons. The maximum atomic E-state index is 13.0. The number of rotatable bonds is 6. The first kappa shape index (κ1) is 20.3. The van der Waals surface area contributed by atoms with Crippen LogP contribution in [0.15, 0.2) is 23.1 Å². The summed E-state index contributed by atoms with van der Waals surface area (Å²) in [4.78, 5) is 12.8. The molecule has 0 radical (unpaired) electrons. The third-order valence-electron chi connectivity index (χ3n) is 5.62. The summed E-state index contributed by atoms with van der Waals surface area (Å²) >= 11 is 0. The lowest BCUT2D eigenvalue weighted by Gasteiger charge is -2.26. The van der Waals surface area contributed by atoms with Crippen LogP contribution in [-0.2, 0) is 10.0 Å². The van der Waals surface area contributed by atoms with Gasteiger partial charge in [-0.05, 0) is 75.7 Å². The fraction of sp³-hybridized carbons (Fsp3) is 0.650. The zero-order valence-corrected chi connectivity index (χ0v) is 17.0. The van der Waals surface area contributed by atoms with Crippen LogP contribution in [0, 0.1) is 12.8 Å². The lowest BCUT2D eigenvalue weighted by molar-refractivity contribution is 0.0950. The van der Waals surface area contributed by atoms with Gasteiger partial charge < -0.3 is 10.6 Å². The molecule has 2 aliphatic heterocycles. The number of sulfonamides is 1. The molecule has 2 N–H and O–H groups in total. The van der Waals surface area contributed by atoms with E-state index >= 15 is 0 Å². The van der Waals surface area contributed by atoms with Gasteiger partial charge in [-0.15, -0.1) is 0 Å². The highest BCUT2D eigenvalue weighted by Gasteiger charge is 2.28. The zero-order valence-electron chi connectivity index (χ0n) is 16.2. The Morgan fingerprint density at radius 2 is 2.00 bits per heavy atom. The number of amides is 1. The van der Waals surface area contributed by atoms with Crippen LogP contribution in [0.5, 0.6) is 0 Å². The van der Waals surface area contributed by atoms with E-state index in [4.69, 9.17) is 0 Å². The van der Waals surface area contributed by atoms with Crippen molar-refractivity contribution in [2.24, 2.45) is 5.92 Å². The van der Waals surface area contributed by atoms with Crippen molar-refractivity contribution in [3.63, 3.8) is 0 Å². The molecule has 2 heterocycles. The van der Waals surface area contributed by atoms with E-state index in [0.29, 0.717) is 36.7 Å². The number of piperidine rings is 2. The Hall–Kier alpha value is -1.44. The Labute approximate surface area is 162 Å². The van der Waals surface area contributed by atoms with Gasteiger partial charge in [-0.1, -0.05) is 12.5 Å². The van der Waals surface area contributed by atoms with Gasteiger partial charge >= 0.3 is 0 Å². The van der Waals surface area contributed by atoms with Crippen molar-refractivity contribution in [3.05, 3.63) is 29.3 Å². The van der Waals surface area contributed by atoms with Crippen LogP contribution in [0.1, 0.15) is 54.4 Å². The number of nitrogens with one attached hydrogen (secondary N) is 2. The summed E-state index contributed by atoms with van der Waals surface area (Å²) in [6, 6.07) is 4.98. The quantitative estimate of drug-likeness (QED) is 0.777. The molecule has 0 aromatic heterocycles. The second-order valence-electron chi connectivity index (χ2n) is 7.70. The molecule has 0 saturated carbocycles. The summed E-state index contributed by atoms with van der Waals surface area (Å²) < 4.78 is 27.5. The van der Waals surface area contributed by atoms with Crippen molar-refractivity contribution in [3.8, 4) is 0 Å². The number of nitrogens with zero attached hydrogens (tertiary/aromatic N) is 1. The Balaban J connectivity index is 1.65. The molecule has 1 amide bonds. The first-order chi connectivity index (χ1) is 13.0. The first-order valence-corrected chi connectivity index (χ1v) is 11.5. The van der Waals surface area contributed by atoms with Crippen molar-refractivity contribution in [1.82, 2.24) is 14.9 Å². The fourth-order valence-corrected chi connectivity index (χ4v) is 5.69. The van der Waals surface area contributed by atoms with E-state index in [1.54, 1.807) is 23.4 Å². The van der Waals surface area contributed by atoms with E-state index in [0.717, 1.165) is 38.8 Å². The second kappa shape index (κ2) is 9.17. The molecule has 2 aliphatic rings. The first-order valence-electron chi connectivity index (χ1n) is 10.1. The molecule has 0 spiro atoms. The Bertz CT molecular complexity index is 752. The summed E-state index contributed by atoms with van der Waals surface area (Å²) in [5.74, 6) is 0.404. The Morgan fingerprint density at radius 1 is 1.22 bits per heavy atom. The van der Waals surface area contributed by atoms with E-state index in [1.807, 2.05) is 0 Å². The van der Waals surface area contributed by atoms with Crippen LogP contribution in [0.2, 0.25) is 0 Å². The number of benzene rings is 1. The van der Waals surface area contributed by atoms with Crippen LogP contribution < -0.4 is 10.6 Å². The smallest absolute Gasteiger partial charge is 0.251 e. The van der Waals surface area contributed by atoms with E-state index in [9.17, 15) is 13.2 Å². The van der Waals surface area contributed by atoms with Gasteiger partial charge in [-0.3, -0.25) is 4.79 Å². The molecular weight excluding hydrogens is 362 g/mol. The van der Waals surface area contributed by atoms with Gasteiger partial charge in [0.25, 0.3) is 5.91 Å². The van der Waals surface area contributed by atoms with Gasteiger partial charge in [-0.25, -0.2) is 8.42 Å². The van der Waals surface area contributed by atoms with Gasteiger partial charge in [0.15, 0.2) is 0 Å². The van der Waals surface area contributed by atoms with Crippen LogP contribution in [0.4, 0.5) is 0 Å². The Kier molecular flexibility index (Phi) is 6.89. The van der Waals surface area contributed by atoms with Crippen LogP contribution in [-0.4, -0.2) is 51.4 Å². The van der Waals surface area contributed by atoms with Gasteiger partial charge in [0, 0.05) is 25.2 Å². The van der Waals surface area contributed by atoms with E-state index in [-0.39, 0.29) is 10.8 Å². The molecular formula is C20H31N3O3S. The highest BCUT2D eigenvalue weighted by Crippen LogP contribution is 2.24. The van der Waals surface area contributed by atoms with E-state index in [1.165, 1.54) is 18.9 Å². The third kappa shape index (κ3) is 5.09. The van der Waals surface area contributed by atoms with Crippen molar-refractivity contribution < 1.29 is 13.2 Å². The van der Waals surface area contributed by atoms with E-state index < -0.39 is 10.0 Å². The van der Waals surface area contributed by atoms with Crippen LogP contribution in [0.25, 0.3) is 0 Å². The number of hydrogen-bond acceptors (Lipinski definition) is 4. The van der Waals surface area contributed by atoms with Crippen molar-refractivity contribution in [1.29, 1.82) is 0 Å². The zero-order chi connectivity index (χ0) is 19.3. The highest BCUT2D eigenvalue weighted by molar-refractivity contribution is 7.89. The third-order valence-corrected chi connectivity index (χ3v) is 7.66. The minimum absolute atomic E-state index is 0.200.